The van der Waals surface area contributed by atoms with E-state index in [0.29, 0.717) is 38.3 Å². The van der Waals surface area contributed by atoms with Crippen LogP contribution in [-0.4, -0.2) is 65.2 Å². The van der Waals surface area contributed by atoms with E-state index < -0.39 is 16.1 Å². The fourth-order valence-corrected chi connectivity index (χ4v) is 5.29. The smallest absolute Gasteiger partial charge is 0.309 e. The third-order valence-corrected chi connectivity index (χ3v) is 7.44. The second-order valence-corrected chi connectivity index (χ2v) is 9.95. The molecule has 1 fully saturated rings. The van der Waals surface area contributed by atoms with Crippen molar-refractivity contribution < 1.29 is 32.2 Å². The Labute approximate surface area is 206 Å². The fourth-order valence-electron chi connectivity index (χ4n) is 4.08. The van der Waals surface area contributed by atoms with Gasteiger partial charge in [0.05, 0.1) is 31.6 Å². The number of ether oxygens (including phenoxy) is 3. The van der Waals surface area contributed by atoms with Gasteiger partial charge in [-0.05, 0) is 43.9 Å². The van der Waals surface area contributed by atoms with Crippen LogP contribution in [-0.2, 0) is 30.8 Å². The van der Waals surface area contributed by atoms with Crippen LogP contribution < -0.4 is 14.2 Å². The van der Waals surface area contributed by atoms with Gasteiger partial charge in [0.1, 0.15) is 6.04 Å². The van der Waals surface area contributed by atoms with E-state index in [0.717, 1.165) is 5.56 Å². The van der Waals surface area contributed by atoms with Crippen LogP contribution in [0.15, 0.2) is 53.4 Å². The Morgan fingerprint density at radius 2 is 1.69 bits per heavy atom. The highest BCUT2D eigenvalue weighted by molar-refractivity contribution is 7.89. The maximum atomic E-state index is 13.5. The maximum absolute atomic E-state index is 13.5. The van der Waals surface area contributed by atoms with Gasteiger partial charge in [0.2, 0.25) is 15.9 Å². The van der Waals surface area contributed by atoms with E-state index >= 15 is 0 Å². The molecule has 2 aromatic carbocycles. The Morgan fingerprint density at radius 1 is 1.03 bits per heavy atom. The van der Waals surface area contributed by atoms with Crippen molar-refractivity contribution in [2.45, 2.75) is 37.1 Å². The number of sulfonamides is 1. The van der Waals surface area contributed by atoms with Gasteiger partial charge in [-0.15, -0.1) is 0 Å². The molecular weight excluding hydrogens is 472 g/mol. The lowest BCUT2D eigenvalue weighted by Gasteiger charge is -2.33. The Balaban J connectivity index is 1.81. The first kappa shape index (κ1) is 26.5. The molecule has 0 bridgehead atoms. The first-order valence-electron chi connectivity index (χ1n) is 11.5. The number of hydrogen-bond donors (Lipinski definition) is 1. The van der Waals surface area contributed by atoms with Crippen LogP contribution in [0, 0.1) is 5.92 Å². The molecule has 3 rings (SSSR count). The number of methoxy groups -OCH3 is 2. The molecule has 0 saturated carbocycles. The van der Waals surface area contributed by atoms with Crippen molar-refractivity contribution in [3.8, 4) is 11.5 Å². The molecule has 10 heteroatoms. The number of esters is 1. The first-order chi connectivity index (χ1) is 16.8. The summed E-state index contributed by atoms with van der Waals surface area (Å²) in [5.41, 5.74) is 0.822. The van der Waals surface area contributed by atoms with E-state index in [4.69, 9.17) is 14.2 Å². The Morgan fingerprint density at radius 3 is 2.29 bits per heavy atom. The summed E-state index contributed by atoms with van der Waals surface area (Å²) in [6.45, 7) is 2.78. The number of rotatable bonds is 10. The highest BCUT2D eigenvalue weighted by Gasteiger charge is 2.34. The molecule has 1 heterocycles. The minimum absolute atomic E-state index is 0.0398. The molecule has 2 aromatic rings. The predicted octanol–water partition coefficient (Wildman–Crippen LogP) is 2.40. The summed E-state index contributed by atoms with van der Waals surface area (Å²) in [5, 5.41) is 0. The van der Waals surface area contributed by atoms with Crippen molar-refractivity contribution in [2.24, 2.45) is 5.92 Å². The highest BCUT2D eigenvalue weighted by Crippen LogP contribution is 2.29. The van der Waals surface area contributed by atoms with Crippen molar-refractivity contribution in [2.75, 3.05) is 33.9 Å². The van der Waals surface area contributed by atoms with E-state index in [9.17, 15) is 18.0 Å². The average Bonchev–Trinajstić information content (AvgIpc) is 2.88. The standard InChI is InChI=1S/C25H32N2O7S/c1-4-34-25(29)19-12-14-27(15-13-19)24(28)21(16-18-8-6-5-7-9-18)26-35(30,31)20-10-11-22(32-2)23(17-20)33-3/h5-11,17,19,21,26H,4,12-16H2,1-3H3. The lowest BCUT2D eigenvalue weighted by Crippen LogP contribution is -2.52. The average molecular weight is 505 g/mol. The predicted molar refractivity (Wildman–Crippen MR) is 130 cm³/mol. The number of nitrogens with one attached hydrogen (secondary N) is 1. The number of amides is 1. The molecule has 0 radical (unpaired) electrons. The Bertz CT molecular complexity index is 1110. The topological polar surface area (TPSA) is 111 Å². The summed E-state index contributed by atoms with van der Waals surface area (Å²) in [4.78, 5) is 27.1. The molecule has 0 spiro atoms. The van der Waals surface area contributed by atoms with Crippen molar-refractivity contribution >= 4 is 21.9 Å². The molecule has 1 atom stereocenters. The summed E-state index contributed by atoms with van der Waals surface area (Å²) in [5.74, 6) is -0.181. The lowest BCUT2D eigenvalue weighted by molar-refractivity contribution is -0.151. The van der Waals surface area contributed by atoms with Gasteiger partial charge in [0.25, 0.3) is 0 Å². The van der Waals surface area contributed by atoms with Gasteiger partial charge in [0, 0.05) is 19.2 Å². The molecule has 1 N–H and O–H groups in total. The molecule has 9 nitrogen and oxygen atoms in total. The van der Waals surface area contributed by atoms with Gasteiger partial charge >= 0.3 is 5.97 Å². The monoisotopic (exact) mass is 504 g/mol. The number of carbonyl (C=O) groups is 2. The molecule has 190 valence electrons. The van der Waals surface area contributed by atoms with E-state index in [1.54, 1.807) is 11.8 Å². The third kappa shape index (κ3) is 6.73. The van der Waals surface area contributed by atoms with Crippen molar-refractivity contribution in [3.05, 3.63) is 54.1 Å². The third-order valence-electron chi connectivity index (χ3n) is 5.97. The van der Waals surface area contributed by atoms with Gasteiger partial charge in [-0.3, -0.25) is 9.59 Å². The zero-order chi connectivity index (χ0) is 25.4. The van der Waals surface area contributed by atoms with Gasteiger partial charge in [0.15, 0.2) is 11.5 Å². The first-order valence-corrected chi connectivity index (χ1v) is 13.0. The van der Waals surface area contributed by atoms with Crippen LogP contribution in [0.25, 0.3) is 0 Å². The normalized spacial score (nSPS) is 15.3. The summed E-state index contributed by atoms with van der Waals surface area (Å²) in [7, 11) is -1.18. The summed E-state index contributed by atoms with van der Waals surface area (Å²) >= 11 is 0. The number of nitrogens with zero attached hydrogens (tertiary/aromatic N) is 1. The number of hydrogen-bond acceptors (Lipinski definition) is 7. The van der Waals surface area contributed by atoms with Crippen LogP contribution >= 0.6 is 0 Å². The second-order valence-electron chi connectivity index (χ2n) is 8.23. The quantitative estimate of drug-likeness (QED) is 0.495. The van der Waals surface area contributed by atoms with Crippen molar-refractivity contribution in [3.63, 3.8) is 0 Å². The summed E-state index contributed by atoms with van der Waals surface area (Å²) < 4.78 is 44.6. The molecule has 35 heavy (non-hydrogen) atoms. The lowest BCUT2D eigenvalue weighted by atomic mass is 9.96. The molecule has 1 saturated heterocycles. The molecule has 1 amide bonds. The number of benzene rings is 2. The van der Waals surface area contributed by atoms with Crippen LogP contribution in [0.5, 0.6) is 11.5 Å². The van der Waals surface area contributed by atoms with Gasteiger partial charge < -0.3 is 19.1 Å². The Kier molecular flexibility index (Phi) is 9.11. The van der Waals surface area contributed by atoms with Gasteiger partial charge in [-0.25, -0.2) is 8.42 Å². The molecule has 0 aliphatic carbocycles. The second kappa shape index (κ2) is 12.0. The van der Waals surface area contributed by atoms with Crippen molar-refractivity contribution in [1.29, 1.82) is 0 Å². The van der Waals surface area contributed by atoms with Crippen LogP contribution in [0.1, 0.15) is 25.3 Å². The van der Waals surface area contributed by atoms with Crippen LogP contribution in [0.3, 0.4) is 0 Å². The van der Waals surface area contributed by atoms with Gasteiger partial charge in [-0.2, -0.15) is 4.72 Å². The Hall–Kier alpha value is -3.11. The maximum Gasteiger partial charge on any atom is 0.309 e. The van der Waals surface area contributed by atoms with Crippen molar-refractivity contribution in [1.82, 2.24) is 9.62 Å². The zero-order valence-corrected chi connectivity index (χ0v) is 21.0. The minimum atomic E-state index is -4.06. The molecular formula is C25H32N2O7S. The highest BCUT2D eigenvalue weighted by atomic mass is 32.2. The summed E-state index contributed by atoms with van der Waals surface area (Å²) in [6, 6.07) is 12.5. The molecule has 0 aromatic heterocycles. The molecule has 1 aliphatic rings. The SMILES string of the molecule is CCOC(=O)C1CCN(C(=O)C(Cc2ccccc2)NS(=O)(=O)c2ccc(OC)c(OC)c2)CC1. The largest absolute Gasteiger partial charge is 0.493 e. The zero-order valence-electron chi connectivity index (χ0n) is 20.2. The van der Waals surface area contributed by atoms with Crippen LogP contribution in [0.4, 0.5) is 0 Å². The minimum Gasteiger partial charge on any atom is -0.493 e. The van der Waals surface area contributed by atoms with E-state index in [1.807, 2.05) is 30.3 Å². The number of piperidine rings is 1. The van der Waals surface area contributed by atoms with Crippen LogP contribution in [0.2, 0.25) is 0 Å². The fraction of sp³-hybridized carbons (Fsp3) is 0.440. The van der Waals surface area contributed by atoms with Gasteiger partial charge in [-0.1, -0.05) is 30.3 Å². The summed E-state index contributed by atoms with van der Waals surface area (Å²) in [6.07, 6.45) is 1.14. The van der Waals surface area contributed by atoms with E-state index in [1.165, 1.54) is 32.4 Å². The molecule has 1 unspecified atom stereocenters. The van der Waals surface area contributed by atoms with E-state index in [-0.39, 0.29) is 34.9 Å². The van der Waals surface area contributed by atoms with E-state index in [2.05, 4.69) is 4.72 Å². The molecule has 1 aliphatic heterocycles. The number of carbonyl (C=O) groups excluding carboxylic acids is 2. The number of likely N-dealkylation sites (tertiary alicyclic amines) is 1.